The maximum atomic E-state index is 12.7. The maximum Gasteiger partial charge on any atom is 0.276 e. The third-order valence-corrected chi connectivity index (χ3v) is 4.00. The quantitative estimate of drug-likeness (QED) is 0.857. The van der Waals surface area contributed by atoms with E-state index in [2.05, 4.69) is 10.3 Å². The van der Waals surface area contributed by atoms with Crippen molar-refractivity contribution in [1.82, 2.24) is 19.9 Å². The van der Waals surface area contributed by atoms with Crippen LogP contribution >= 0.6 is 0 Å². The van der Waals surface area contributed by atoms with E-state index in [1.54, 1.807) is 22.9 Å². The molecule has 3 rings (SSSR count). The summed E-state index contributed by atoms with van der Waals surface area (Å²) in [6.45, 7) is 1.41. The number of aliphatic hydroxyl groups is 1. The molecule has 128 valence electrons. The van der Waals surface area contributed by atoms with E-state index in [4.69, 9.17) is 14.6 Å². The summed E-state index contributed by atoms with van der Waals surface area (Å²) in [6.07, 6.45) is 2.09. The van der Waals surface area contributed by atoms with Gasteiger partial charge in [0, 0.05) is 13.2 Å². The minimum absolute atomic E-state index is 0.0103. The molecule has 1 aromatic carbocycles. The molecule has 1 fully saturated rings. The van der Waals surface area contributed by atoms with Crippen LogP contribution in [0.15, 0.2) is 30.5 Å². The molecule has 0 spiro atoms. The van der Waals surface area contributed by atoms with Crippen LogP contribution < -0.4 is 4.74 Å². The highest BCUT2D eigenvalue weighted by Crippen LogP contribution is 2.16. The van der Waals surface area contributed by atoms with E-state index < -0.39 is 0 Å². The van der Waals surface area contributed by atoms with Gasteiger partial charge >= 0.3 is 0 Å². The summed E-state index contributed by atoms with van der Waals surface area (Å²) in [5, 5.41) is 17.2. The van der Waals surface area contributed by atoms with Crippen LogP contribution in [0, 0.1) is 0 Å². The second-order valence-electron chi connectivity index (χ2n) is 5.49. The molecule has 1 atom stereocenters. The number of hydrogen-bond donors (Lipinski definition) is 1. The summed E-state index contributed by atoms with van der Waals surface area (Å²) in [5.74, 6) is 0.548. The highest BCUT2D eigenvalue weighted by Gasteiger charge is 2.29. The van der Waals surface area contributed by atoms with Crippen LogP contribution in [0.2, 0.25) is 0 Å². The van der Waals surface area contributed by atoms with Crippen molar-refractivity contribution in [3.05, 3.63) is 36.2 Å². The fourth-order valence-electron chi connectivity index (χ4n) is 2.68. The molecule has 24 heavy (non-hydrogen) atoms. The topological polar surface area (TPSA) is 89.7 Å². The van der Waals surface area contributed by atoms with Gasteiger partial charge in [0.05, 0.1) is 38.2 Å². The molecule has 2 aromatic rings. The normalized spacial score (nSPS) is 17.8. The van der Waals surface area contributed by atoms with Gasteiger partial charge in [-0.1, -0.05) is 5.21 Å². The Hall–Kier alpha value is -2.45. The van der Waals surface area contributed by atoms with Crippen molar-refractivity contribution in [2.24, 2.45) is 0 Å². The van der Waals surface area contributed by atoms with Crippen molar-refractivity contribution in [2.75, 3.05) is 33.5 Å². The number of aliphatic hydroxyl groups excluding tert-OH is 1. The molecule has 1 N–H and O–H groups in total. The van der Waals surface area contributed by atoms with E-state index in [9.17, 15) is 4.79 Å². The van der Waals surface area contributed by atoms with Gasteiger partial charge in [0.2, 0.25) is 0 Å². The lowest BCUT2D eigenvalue weighted by atomic mass is 10.1. The average Bonchev–Trinajstić information content (AvgIpc) is 3.12. The number of benzene rings is 1. The van der Waals surface area contributed by atoms with Crippen molar-refractivity contribution in [3.63, 3.8) is 0 Å². The second-order valence-corrected chi connectivity index (χ2v) is 5.49. The molecule has 1 aromatic heterocycles. The zero-order valence-corrected chi connectivity index (χ0v) is 13.5. The van der Waals surface area contributed by atoms with Crippen molar-refractivity contribution in [2.45, 2.75) is 12.5 Å². The van der Waals surface area contributed by atoms with E-state index >= 15 is 0 Å². The Morgan fingerprint density at radius 3 is 2.92 bits per heavy atom. The van der Waals surface area contributed by atoms with Gasteiger partial charge in [-0.05, 0) is 30.7 Å². The Morgan fingerprint density at radius 1 is 1.42 bits per heavy atom. The number of carbonyl (C=O) groups is 1. The molecule has 0 radical (unpaired) electrons. The van der Waals surface area contributed by atoms with Gasteiger partial charge in [-0.3, -0.25) is 4.79 Å². The highest BCUT2D eigenvalue weighted by molar-refractivity contribution is 5.92. The van der Waals surface area contributed by atoms with Crippen LogP contribution in [0.25, 0.3) is 5.69 Å². The molecule has 1 saturated heterocycles. The van der Waals surface area contributed by atoms with Crippen LogP contribution in [-0.2, 0) is 4.74 Å². The maximum absolute atomic E-state index is 12.7. The van der Waals surface area contributed by atoms with Crippen molar-refractivity contribution < 1.29 is 19.4 Å². The first kappa shape index (κ1) is 16.4. The van der Waals surface area contributed by atoms with Crippen molar-refractivity contribution in [1.29, 1.82) is 0 Å². The van der Waals surface area contributed by atoms with Gasteiger partial charge in [0.15, 0.2) is 5.69 Å². The third kappa shape index (κ3) is 3.39. The largest absolute Gasteiger partial charge is 0.497 e. The minimum Gasteiger partial charge on any atom is -0.497 e. The summed E-state index contributed by atoms with van der Waals surface area (Å²) in [6, 6.07) is 7.17. The van der Waals surface area contributed by atoms with Crippen molar-refractivity contribution >= 4 is 5.91 Å². The minimum atomic E-state index is -0.198. The van der Waals surface area contributed by atoms with Crippen molar-refractivity contribution in [3.8, 4) is 11.4 Å². The molecule has 1 unspecified atom stereocenters. The molecule has 8 heteroatoms. The van der Waals surface area contributed by atoms with Gasteiger partial charge < -0.3 is 19.5 Å². The number of carbonyl (C=O) groups excluding carboxylic acids is 1. The lowest BCUT2D eigenvalue weighted by molar-refractivity contribution is -0.00859. The highest BCUT2D eigenvalue weighted by atomic mass is 16.5. The fourth-order valence-corrected chi connectivity index (χ4v) is 2.68. The van der Waals surface area contributed by atoms with E-state index in [0.717, 1.165) is 11.4 Å². The average molecular weight is 332 g/mol. The summed E-state index contributed by atoms with van der Waals surface area (Å²) in [7, 11) is 1.60. The predicted molar refractivity (Wildman–Crippen MR) is 85.3 cm³/mol. The van der Waals surface area contributed by atoms with Crippen LogP contribution in [0.3, 0.4) is 0 Å². The molecule has 1 amide bonds. The Kier molecular flexibility index (Phi) is 5.07. The number of aromatic nitrogens is 3. The monoisotopic (exact) mass is 332 g/mol. The zero-order valence-electron chi connectivity index (χ0n) is 13.5. The molecule has 1 aliphatic rings. The molecule has 0 bridgehead atoms. The number of ether oxygens (including phenoxy) is 2. The SMILES string of the molecule is COc1ccc(-n2cc(C(=O)N3CCOCC3CCO)nn2)cc1. The Balaban J connectivity index is 1.77. The second kappa shape index (κ2) is 7.41. The Labute approximate surface area is 139 Å². The molecular formula is C16H20N4O4. The number of morpholine rings is 1. The first-order valence-corrected chi connectivity index (χ1v) is 7.79. The van der Waals surface area contributed by atoms with Crippen LogP contribution in [-0.4, -0.2) is 70.4 Å². The summed E-state index contributed by atoms with van der Waals surface area (Å²) in [5.41, 5.74) is 1.06. The van der Waals surface area contributed by atoms with Gasteiger partial charge in [0.1, 0.15) is 5.75 Å². The predicted octanol–water partition coefficient (Wildman–Crippen LogP) is 0.499. The number of amides is 1. The molecule has 0 aliphatic carbocycles. The van der Waals surface area contributed by atoms with E-state index in [1.165, 1.54) is 0 Å². The number of methoxy groups -OCH3 is 1. The van der Waals surface area contributed by atoms with E-state index in [1.807, 2.05) is 24.3 Å². The lowest BCUT2D eigenvalue weighted by Crippen LogP contribution is -2.49. The van der Waals surface area contributed by atoms with Gasteiger partial charge in [-0.15, -0.1) is 5.10 Å². The molecule has 1 aliphatic heterocycles. The molecular weight excluding hydrogens is 312 g/mol. The molecule has 8 nitrogen and oxygen atoms in total. The Morgan fingerprint density at radius 2 is 2.21 bits per heavy atom. The lowest BCUT2D eigenvalue weighted by Gasteiger charge is -2.34. The van der Waals surface area contributed by atoms with E-state index in [0.29, 0.717) is 26.2 Å². The molecule has 2 heterocycles. The standard InChI is InChI=1S/C16H20N4O4/c1-23-14-4-2-12(3-5-14)20-10-15(17-18-20)16(22)19-7-9-24-11-13(19)6-8-21/h2-5,10,13,21H,6-9,11H2,1H3. The number of nitrogens with zero attached hydrogens (tertiary/aromatic N) is 4. The van der Waals surface area contributed by atoms with Gasteiger partial charge in [-0.25, -0.2) is 4.68 Å². The summed E-state index contributed by atoms with van der Waals surface area (Å²) >= 11 is 0. The van der Waals surface area contributed by atoms with Crippen LogP contribution in [0.5, 0.6) is 5.75 Å². The van der Waals surface area contributed by atoms with Crippen LogP contribution in [0.1, 0.15) is 16.9 Å². The Bertz CT molecular complexity index is 684. The van der Waals surface area contributed by atoms with Gasteiger partial charge in [-0.2, -0.15) is 0 Å². The summed E-state index contributed by atoms with van der Waals surface area (Å²) in [4.78, 5) is 14.4. The first-order valence-electron chi connectivity index (χ1n) is 7.79. The number of rotatable bonds is 5. The van der Waals surface area contributed by atoms with E-state index in [-0.39, 0.29) is 24.2 Å². The van der Waals surface area contributed by atoms with Crippen LogP contribution in [0.4, 0.5) is 0 Å². The van der Waals surface area contributed by atoms with Gasteiger partial charge in [0.25, 0.3) is 5.91 Å². The third-order valence-electron chi connectivity index (χ3n) is 4.00. The fraction of sp³-hybridized carbons (Fsp3) is 0.438. The zero-order chi connectivity index (χ0) is 16.9. The smallest absolute Gasteiger partial charge is 0.276 e. The number of hydrogen-bond acceptors (Lipinski definition) is 6. The first-order chi connectivity index (χ1) is 11.7. The summed E-state index contributed by atoms with van der Waals surface area (Å²) < 4.78 is 12.1. The molecule has 0 saturated carbocycles.